The van der Waals surface area contributed by atoms with E-state index in [4.69, 9.17) is 5.73 Å². The fourth-order valence-corrected chi connectivity index (χ4v) is 1.77. The van der Waals surface area contributed by atoms with Gasteiger partial charge in [0.15, 0.2) is 0 Å². The van der Waals surface area contributed by atoms with Crippen molar-refractivity contribution in [2.24, 2.45) is 11.7 Å². The zero-order valence-electron chi connectivity index (χ0n) is 8.40. The van der Waals surface area contributed by atoms with Gasteiger partial charge in [0.25, 0.3) is 0 Å². The molecule has 0 aliphatic heterocycles. The normalized spacial score (nSPS) is 12.7. The van der Waals surface area contributed by atoms with E-state index in [0.29, 0.717) is 25.3 Å². The van der Waals surface area contributed by atoms with Gasteiger partial charge in [-0.3, -0.25) is 4.79 Å². The molecule has 0 saturated carbocycles. The molecular formula is C10H16N2OS. The fraction of sp³-hybridized carbons (Fsp3) is 0.600. The van der Waals surface area contributed by atoms with Gasteiger partial charge in [-0.1, -0.05) is 6.92 Å². The Morgan fingerprint density at radius 1 is 1.71 bits per heavy atom. The third-order valence-electron chi connectivity index (χ3n) is 2.15. The SMILES string of the molecule is CC(CN)CCC(=O)Cc1nccs1. The summed E-state index contributed by atoms with van der Waals surface area (Å²) in [7, 11) is 0. The van der Waals surface area contributed by atoms with E-state index in [-0.39, 0.29) is 5.78 Å². The van der Waals surface area contributed by atoms with Crippen LogP contribution in [0.1, 0.15) is 24.8 Å². The lowest BCUT2D eigenvalue weighted by molar-refractivity contribution is -0.118. The van der Waals surface area contributed by atoms with Crippen molar-refractivity contribution < 1.29 is 4.79 Å². The molecule has 0 aromatic carbocycles. The largest absolute Gasteiger partial charge is 0.330 e. The summed E-state index contributed by atoms with van der Waals surface area (Å²) in [5, 5.41) is 2.81. The number of rotatable bonds is 6. The molecule has 1 rings (SSSR count). The lowest BCUT2D eigenvalue weighted by Gasteiger charge is -2.05. The van der Waals surface area contributed by atoms with Gasteiger partial charge in [-0.05, 0) is 18.9 Å². The van der Waals surface area contributed by atoms with Crippen molar-refractivity contribution in [1.29, 1.82) is 0 Å². The molecular weight excluding hydrogens is 196 g/mol. The van der Waals surface area contributed by atoms with Crippen LogP contribution in [0.5, 0.6) is 0 Å². The topological polar surface area (TPSA) is 56.0 Å². The first-order chi connectivity index (χ1) is 6.72. The monoisotopic (exact) mass is 212 g/mol. The van der Waals surface area contributed by atoms with Gasteiger partial charge in [-0.25, -0.2) is 4.98 Å². The second-order valence-corrected chi connectivity index (χ2v) is 4.50. The third kappa shape index (κ3) is 3.98. The maximum absolute atomic E-state index is 11.5. The molecule has 2 N–H and O–H groups in total. The van der Waals surface area contributed by atoms with E-state index >= 15 is 0 Å². The number of ketones is 1. The maximum Gasteiger partial charge on any atom is 0.139 e. The Bertz CT molecular complexity index is 272. The highest BCUT2D eigenvalue weighted by atomic mass is 32.1. The smallest absolute Gasteiger partial charge is 0.139 e. The van der Waals surface area contributed by atoms with Crippen molar-refractivity contribution in [1.82, 2.24) is 4.98 Å². The Hall–Kier alpha value is -0.740. The molecule has 78 valence electrons. The highest BCUT2D eigenvalue weighted by Crippen LogP contribution is 2.09. The van der Waals surface area contributed by atoms with Crippen molar-refractivity contribution >= 4 is 17.1 Å². The number of carbonyl (C=O) groups excluding carboxylic acids is 1. The van der Waals surface area contributed by atoms with Gasteiger partial charge in [0.2, 0.25) is 0 Å². The molecule has 1 aromatic rings. The standard InChI is InChI=1S/C10H16N2OS/c1-8(7-11)2-3-9(13)6-10-12-4-5-14-10/h4-5,8H,2-3,6-7,11H2,1H3. The van der Waals surface area contributed by atoms with Gasteiger partial charge in [0.1, 0.15) is 5.78 Å². The van der Waals surface area contributed by atoms with Crippen LogP contribution in [0.4, 0.5) is 0 Å². The highest BCUT2D eigenvalue weighted by molar-refractivity contribution is 7.09. The van der Waals surface area contributed by atoms with Crippen molar-refractivity contribution in [2.45, 2.75) is 26.2 Å². The maximum atomic E-state index is 11.5. The van der Waals surface area contributed by atoms with Crippen molar-refractivity contribution in [3.8, 4) is 0 Å². The van der Waals surface area contributed by atoms with Gasteiger partial charge in [-0.2, -0.15) is 0 Å². The summed E-state index contributed by atoms with van der Waals surface area (Å²) in [4.78, 5) is 15.5. The van der Waals surface area contributed by atoms with Crippen LogP contribution < -0.4 is 5.73 Å². The second kappa shape index (κ2) is 5.88. The van der Waals surface area contributed by atoms with Crippen LogP contribution in [0.25, 0.3) is 0 Å². The van der Waals surface area contributed by atoms with E-state index < -0.39 is 0 Å². The van der Waals surface area contributed by atoms with Gasteiger partial charge in [0, 0.05) is 18.0 Å². The van der Waals surface area contributed by atoms with Crippen molar-refractivity contribution in [2.75, 3.05) is 6.54 Å². The summed E-state index contributed by atoms with van der Waals surface area (Å²) < 4.78 is 0. The Balaban J connectivity index is 2.23. The van der Waals surface area contributed by atoms with Crippen molar-refractivity contribution in [3.05, 3.63) is 16.6 Å². The number of carbonyl (C=O) groups is 1. The number of nitrogens with zero attached hydrogens (tertiary/aromatic N) is 1. The van der Waals surface area contributed by atoms with Crippen LogP contribution in [-0.2, 0) is 11.2 Å². The molecule has 0 saturated heterocycles. The quantitative estimate of drug-likeness (QED) is 0.779. The van der Waals surface area contributed by atoms with Gasteiger partial charge in [0.05, 0.1) is 11.4 Å². The molecule has 4 heteroatoms. The van der Waals surface area contributed by atoms with Crippen LogP contribution in [0.2, 0.25) is 0 Å². The van der Waals surface area contributed by atoms with Crippen LogP contribution in [-0.4, -0.2) is 17.3 Å². The third-order valence-corrected chi connectivity index (χ3v) is 2.93. The Labute approximate surface area is 88.3 Å². The lowest BCUT2D eigenvalue weighted by Crippen LogP contribution is -2.13. The van der Waals surface area contributed by atoms with Crippen LogP contribution >= 0.6 is 11.3 Å². The number of hydrogen-bond acceptors (Lipinski definition) is 4. The number of aromatic nitrogens is 1. The zero-order valence-corrected chi connectivity index (χ0v) is 9.22. The molecule has 0 fully saturated rings. The molecule has 1 aromatic heterocycles. The van der Waals surface area contributed by atoms with Crippen molar-refractivity contribution in [3.63, 3.8) is 0 Å². The van der Waals surface area contributed by atoms with E-state index in [1.165, 1.54) is 11.3 Å². The second-order valence-electron chi connectivity index (χ2n) is 3.52. The molecule has 1 unspecified atom stereocenters. The van der Waals surface area contributed by atoms with Gasteiger partial charge in [-0.15, -0.1) is 11.3 Å². The summed E-state index contributed by atoms with van der Waals surface area (Å²) >= 11 is 1.53. The average molecular weight is 212 g/mol. The summed E-state index contributed by atoms with van der Waals surface area (Å²) in [6.07, 6.45) is 3.73. The molecule has 1 heterocycles. The Kier molecular flexibility index (Phi) is 4.76. The number of hydrogen-bond donors (Lipinski definition) is 1. The predicted molar refractivity (Wildman–Crippen MR) is 58.3 cm³/mol. The average Bonchev–Trinajstić information content (AvgIpc) is 2.66. The molecule has 0 amide bonds. The summed E-state index contributed by atoms with van der Waals surface area (Å²) in [5.41, 5.74) is 5.47. The molecule has 0 bridgehead atoms. The van der Waals surface area contributed by atoms with E-state index in [1.54, 1.807) is 6.20 Å². The van der Waals surface area contributed by atoms with E-state index in [1.807, 2.05) is 5.38 Å². The number of nitrogens with two attached hydrogens (primary N) is 1. The first-order valence-electron chi connectivity index (χ1n) is 4.82. The first kappa shape index (κ1) is 11.3. The summed E-state index contributed by atoms with van der Waals surface area (Å²) in [6, 6.07) is 0. The first-order valence-corrected chi connectivity index (χ1v) is 5.70. The molecule has 0 radical (unpaired) electrons. The summed E-state index contributed by atoms with van der Waals surface area (Å²) in [5.74, 6) is 0.704. The number of Topliss-reactive ketones (excluding diaryl/α,β-unsaturated/α-hetero) is 1. The Morgan fingerprint density at radius 3 is 3.07 bits per heavy atom. The molecule has 1 atom stereocenters. The lowest BCUT2D eigenvalue weighted by atomic mass is 10.0. The highest BCUT2D eigenvalue weighted by Gasteiger charge is 2.07. The minimum absolute atomic E-state index is 0.264. The van der Waals surface area contributed by atoms with Crippen LogP contribution in [0.15, 0.2) is 11.6 Å². The summed E-state index contributed by atoms with van der Waals surface area (Å²) in [6.45, 7) is 2.72. The zero-order chi connectivity index (χ0) is 10.4. The molecule has 0 aliphatic rings. The molecule has 0 aliphatic carbocycles. The minimum Gasteiger partial charge on any atom is -0.330 e. The van der Waals surface area contributed by atoms with E-state index in [9.17, 15) is 4.79 Å². The molecule has 3 nitrogen and oxygen atoms in total. The van der Waals surface area contributed by atoms with Crippen LogP contribution in [0, 0.1) is 5.92 Å². The Morgan fingerprint density at radius 2 is 2.50 bits per heavy atom. The van der Waals surface area contributed by atoms with Gasteiger partial charge >= 0.3 is 0 Å². The van der Waals surface area contributed by atoms with E-state index in [0.717, 1.165) is 11.4 Å². The number of thiazole rings is 1. The van der Waals surface area contributed by atoms with Gasteiger partial charge < -0.3 is 5.73 Å². The predicted octanol–water partition coefficient (Wildman–Crippen LogP) is 1.63. The van der Waals surface area contributed by atoms with Crippen LogP contribution in [0.3, 0.4) is 0 Å². The molecule has 14 heavy (non-hydrogen) atoms. The fourth-order valence-electron chi connectivity index (χ4n) is 1.12. The van der Waals surface area contributed by atoms with E-state index in [2.05, 4.69) is 11.9 Å². The minimum atomic E-state index is 0.264. The molecule has 0 spiro atoms.